The molecule has 22 heavy (non-hydrogen) atoms. The van der Waals surface area contributed by atoms with Gasteiger partial charge in [0.1, 0.15) is 0 Å². The van der Waals surface area contributed by atoms with Gasteiger partial charge >= 0.3 is 0 Å². The van der Waals surface area contributed by atoms with Crippen LogP contribution < -0.4 is 10.6 Å². The Bertz CT molecular complexity index is 490. The van der Waals surface area contributed by atoms with E-state index in [0.29, 0.717) is 31.7 Å². The van der Waals surface area contributed by atoms with Gasteiger partial charge in [0.25, 0.3) is 5.91 Å². The minimum absolute atomic E-state index is 0.0709. The molecule has 0 saturated carbocycles. The summed E-state index contributed by atoms with van der Waals surface area (Å²) in [5.41, 5.74) is 1.88. The van der Waals surface area contributed by atoms with Crippen LogP contribution in [0.3, 0.4) is 0 Å². The highest BCUT2D eigenvalue weighted by atomic mass is 16.5. The minimum Gasteiger partial charge on any atom is -0.384 e. The van der Waals surface area contributed by atoms with Gasteiger partial charge in [-0.05, 0) is 23.1 Å². The minimum atomic E-state index is -0.133. The van der Waals surface area contributed by atoms with E-state index in [2.05, 4.69) is 31.4 Å². The summed E-state index contributed by atoms with van der Waals surface area (Å²) in [5.74, 6) is -0.211. The largest absolute Gasteiger partial charge is 0.384 e. The second kappa shape index (κ2) is 8.54. The Morgan fingerprint density at radius 3 is 2.18 bits per heavy atom. The summed E-state index contributed by atoms with van der Waals surface area (Å²) in [4.78, 5) is 23.3. The molecule has 1 rings (SSSR count). The Balaban J connectivity index is 2.35. The van der Waals surface area contributed by atoms with Crippen molar-refractivity contribution in [3.63, 3.8) is 0 Å². The number of carbonyl (C=O) groups excluding carboxylic acids is 2. The molecule has 0 heterocycles. The molecule has 0 radical (unpaired) electrons. The highest BCUT2D eigenvalue weighted by molar-refractivity contribution is 5.94. The van der Waals surface area contributed by atoms with E-state index in [1.54, 1.807) is 7.11 Å². The molecule has 0 bridgehead atoms. The van der Waals surface area contributed by atoms with E-state index in [-0.39, 0.29) is 17.2 Å². The molecule has 0 spiro atoms. The Hall–Kier alpha value is -1.88. The maximum atomic E-state index is 12.0. The predicted octanol–water partition coefficient (Wildman–Crippen LogP) is 1.87. The Kier molecular flexibility index (Phi) is 7.05. The van der Waals surface area contributed by atoms with E-state index in [9.17, 15) is 9.59 Å². The number of nitrogens with one attached hydrogen (secondary N) is 2. The molecule has 0 aromatic heterocycles. The molecule has 0 aliphatic carbocycles. The van der Waals surface area contributed by atoms with Crippen LogP contribution in [0.15, 0.2) is 24.3 Å². The Morgan fingerprint density at radius 2 is 1.64 bits per heavy atom. The van der Waals surface area contributed by atoms with Gasteiger partial charge in [-0.15, -0.1) is 0 Å². The molecule has 5 nitrogen and oxygen atoms in total. The van der Waals surface area contributed by atoms with Gasteiger partial charge in [0.05, 0.1) is 6.61 Å². The van der Waals surface area contributed by atoms with E-state index in [4.69, 9.17) is 4.74 Å². The van der Waals surface area contributed by atoms with Crippen molar-refractivity contribution in [3.05, 3.63) is 35.4 Å². The molecule has 0 unspecified atom stereocenters. The van der Waals surface area contributed by atoms with Crippen molar-refractivity contribution in [2.45, 2.75) is 32.6 Å². The van der Waals surface area contributed by atoms with Crippen molar-refractivity contribution in [1.29, 1.82) is 0 Å². The fraction of sp³-hybridized carbons (Fsp3) is 0.529. The van der Waals surface area contributed by atoms with Crippen LogP contribution in [0, 0.1) is 0 Å². The number of ether oxygens (including phenoxy) is 1. The maximum Gasteiger partial charge on any atom is 0.251 e. The molecular formula is C17H26N2O3. The zero-order chi connectivity index (χ0) is 16.6. The Morgan fingerprint density at radius 1 is 1.05 bits per heavy atom. The third kappa shape index (κ3) is 6.26. The van der Waals surface area contributed by atoms with Crippen LogP contribution in [0.1, 0.15) is 43.1 Å². The zero-order valence-electron chi connectivity index (χ0n) is 13.9. The van der Waals surface area contributed by atoms with Gasteiger partial charge in [-0.3, -0.25) is 9.59 Å². The van der Waals surface area contributed by atoms with E-state index >= 15 is 0 Å². The first-order valence-electron chi connectivity index (χ1n) is 7.49. The van der Waals surface area contributed by atoms with Crippen molar-refractivity contribution in [2.75, 3.05) is 26.8 Å². The molecule has 122 valence electrons. The van der Waals surface area contributed by atoms with E-state index in [0.717, 1.165) is 0 Å². The van der Waals surface area contributed by atoms with Crippen LogP contribution in [0.4, 0.5) is 0 Å². The lowest BCUT2D eigenvalue weighted by molar-refractivity contribution is -0.121. The van der Waals surface area contributed by atoms with Crippen LogP contribution in [-0.2, 0) is 14.9 Å². The predicted molar refractivity (Wildman–Crippen MR) is 87.0 cm³/mol. The first kappa shape index (κ1) is 18.2. The highest BCUT2D eigenvalue weighted by Crippen LogP contribution is 2.22. The van der Waals surface area contributed by atoms with Crippen LogP contribution in [0.25, 0.3) is 0 Å². The summed E-state index contributed by atoms with van der Waals surface area (Å²) in [7, 11) is 1.55. The summed E-state index contributed by atoms with van der Waals surface area (Å²) in [6, 6.07) is 7.60. The van der Waals surface area contributed by atoms with Gasteiger partial charge in [-0.25, -0.2) is 0 Å². The number of methoxy groups -OCH3 is 1. The molecule has 0 saturated heterocycles. The topological polar surface area (TPSA) is 67.4 Å². The van der Waals surface area contributed by atoms with E-state index in [1.807, 2.05) is 24.3 Å². The smallest absolute Gasteiger partial charge is 0.251 e. The first-order chi connectivity index (χ1) is 10.3. The highest BCUT2D eigenvalue weighted by Gasteiger charge is 2.14. The average Bonchev–Trinajstić information content (AvgIpc) is 2.48. The van der Waals surface area contributed by atoms with Gasteiger partial charge < -0.3 is 15.4 Å². The SMILES string of the molecule is COCCC(=O)NCCNC(=O)c1ccc(C(C)(C)C)cc1. The summed E-state index contributed by atoms with van der Waals surface area (Å²) in [6.45, 7) is 7.61. The van der Waals surface area contributed by atoms with Crippen LogP contribution in [-0.4, -0.2) is 38.6 Å². The summed E-state index contributed by atoms with van der Waals surface area (Å²) < 4.78 is 4.82. The fourth-order valence-corrected chi connectivity index (χ4v) is 1.88. The quantitative estimate of drug-likeness (QED) is 0.756. The first-order valence-corrected chi connectivity index (χ1v) is 7.49. The van der Waals surface area contributed by atoms with Gasteiger partial charge in [0.2, 0.25) is 5.91 Å². The second-order valence-electron chi connectivity index (χ2n) is 6.18. The molecule has 2 N–H and O–H groups in total. The third-order valence-corrected chi connectivity index (χ3v) is 3.28. The molecule has 0 aliphatic heterocycles. The van der Waals surface area contributed by atoms with Crippen molar-refractivity contribution >= 4 is 11.8 Å². The second-order valence-corrected chi connectivity index (χ2v) is 6.18. The molecule has 0 aliphatic rings. The fourth-order valence-electron chi connectivity index (χ4n) is 1.88. The molecule has 0 fully saturated rings. The number of benzene rings is 1. The van der Waals surface area contributed by atoms with Crippen molar-refractivity contribution in [3.8, 4) is 0 Å². The standard InChI is InChI=1S/C17H26N2O3/c1-17(2,3)14-7-5-13(6-8-14)16(21)19-11-10-18-15(20)9-12-22-4/h5-8H,9-12H2,1-4H3,(H,18,20)(H,19,21). The number of rotatable bonds is 7. The lowest BCUT2D eigenvalue weighted by atomic mass is 9.87. The molecule has 5 heteroatoms. The van der Waals surface area contributed by atoms with Gasteiger partial charge in [0, 0.05) is 32.2 Å². The number of carbonyl (C=O) groups is 2. The summed E-state index contributed by atoms with van der Waals surface area (Å²) in [5, 5.41) is 5.50. The summed E-state index contributed by atoms with van der Waals surface area (Å²) in [6.07, 6.45) is 0.332. The summed E-state index contributed by atoms with van der Waals surface area (Å²) >= 11 is 0. The molecule has 2 amide bonds. The average molecular weight is 306 g/mol. The van der Waals surface area contributed by atoms with Crippen molar-refractivity contribution < 1.29 is 14.3 Å². The lowest BCUT2D eigenvalue weighted by Gasteiger charge is -2.19. The van der Waals surface area contributed by atoms with Gasteiger partial charge in [-0.2, -0.15) is 0 Å². The van der Waals surface area contributed by atoms with E-state index < -0.39 is 0 Å². The maximum absolute atomic E-state index is 12.0. The molecular weight excluding hydrogens is 280 g/mol. The van der Waals surface area contributed by atoms with Crippen LogP contribution in [0.2, 0.25) is 0 Å². The van der Waals surface area contributed by atoms with Crippen LogP contribution in [0.5, 0.6) is 0 Å². The lowest BCUT2D eigenvalue weighted by Crippen LogP contribution is -2.35. The monoisotopic (exact) mass is 306 g/mol. The number of hydrogen-bond donors (Lipinski definition) is 2. The van der Waals surface area contributed by atoms with Gasteiger partial charge in [-0.1, -0.05) is 32.9 Å². The number of amides is 2. The van der Waals surface area contributed by atoms with E-state index in [1.165, 1.54) is 5.56 Å². The van der Waals surface area contributed by atoms with Crippen LogP contribution >= 0.6 is 0 Å². The molecule has 1 aromatic rings. The molecule has 1 aromatic carbocycles. The number of hydrogen-bond acceptors (Lipinski definition) is 3. The zero-order valence-corrected chi connectivity index (χ0v) is 13.9. The molecule has 0 atom stereocenters. The van der Waals surface area contributed by atoms with Gasteiger partial charge in [0.15, 0.2) is 0 Å². The van der Waals surface area contributed by atoms with Crippen molar-refractivity contribution in [2.24, 2.45) is 0 Å². The van der Waals surface area contributed by atoms with Crippen molar-refractivity contribution in [1.82, 2.24) is 10.6 Å². The Labute approximate surface area is 132 Å². The normalized spacial score (nSPS) is 11.1. The third-order valence-electron chi connectivity index (χ3n) is 3.28.